The first kappa shape index (κ1) is 7.07. The summed E-state index contributed by atoms with van der Waals surface area (Å²) >= 11 is 0. The number of Topliss-reactive ketones (excluding diaryl/α,β-unsaturated/α-hetero) is 1. The van der Waals surface area contributed by atoms with E-state index in [1.54, 1.807) is 0 Å². The van der Waals surface area contributed by atoms with Gasteiger partial charge in [0.05, 0.1) is 11.5 Å². The van der Waals surface area contributed by atoms with E-state index >= 15 is 0 Å². The van der Waals surface area contributed by atoms with Crippen LogP contribution in [0, 0.1) is 22.7 Å². The third-order valence-electron chi connectivity index (χ3n) is 4.96. The standard InChI is InChI=1S/C10H14O2/c1-8(2)6-5-7(11)9(8,3)4-10(5,6)12/h5-6,12H,4H2,1-3H3/t5?,6-,9-,10-/m1/s1. The number of aliphatic hydroxyl groups is 1. The molecule has 0 saturated heterocycles. The van der Waals surface area contributed by atoms with E-state index in [1.807, 2.05) is 6.92 Å². The maximum absolute atomic E-state index is 11.8. The summed E-state index contributed by atoms with van der Waals surface area (Å²) in [7, 11) is 0. The number of hydrogen-bond donors (Lipinski definition) is 1. The molecule has 0 radical (unpaired) electrons. The highest BCUT2D eigenvalue weighted by Crippen LogP contribution is 2.83. The number of hydrogen-bond acceptors (Lipinski definition) is 2. The number of carbonyl (C=O) groups is 1. The topological polar surface area (TPSA) is 37.3 Å². The molecule has 2 nitrogen and oxygen atoms in total. The Morgan fingerprint density at radius 1 is 1.42 bits per heavy atom. The monoisotopic (exact) mass is 166 g/mol. The van der Waals surface area contributed by atoms with Crippen LogP contribution in [0.3, 0.4) is 0 Å². The third kappa shape index (κ3) is 0.360. The third-order valence-corrected chi connectivity index (χ3v) is 4.96. The van der Waals surface area contributed by atoms with Crippen LogP contribution in [0.25, 0.3) is 0 Å². The van der Waals surface area contributed by atoms with Crippen molar-refractivity contribution in [2.24, 2.45) is 22.7 Å². The lowest BCUT2D eigenvalue weighted by molar-refractivity contribution is -0.127. The van der Waals surface area contributed by atoms with E-state index in [-0.39, 0.29) is 22.7 Å². The summed E-state index contributed by atoms with van der Waals surface area (Å²) in [6, 6.07) is 0. The fourth-order valence-electron chi connectivity index (χ4n) is 3.95. The van der Waals surface area contributed by atoms with Gasteiger partial charge >= 0.3 is 0 Å². The van der Waals surface area contributed by atoms with Crippen LogP contribution in [0.1, 0.15) is 27.2 Å². The van der Waals surface area contributed by atoms with Crippen LogP contribution in [0.5, 0.6) is 0 Å². The van der Waals surface area contributed by atoms with Crippen molar-refractivity contribution in [2.45, 2.75) is 32.8 Å². The van der Waals surface area contributed by atoms with E-state index in [4.69, 9.17) is 0 Å². The van der Waals surface area contributed by atoms with Gasteiger partial charge in [-0.25, -0.2) is 0 Å². The highest BCUT2D eigenvalue weighted by Gasteiger charge is 2.90. The van der Waals surface area contributed by atoms with Crippen molar-refractivity contribution in [2.75, 3.05) is 0 Å². The Labute approximate surface area is 72.0 Å². The van der Waals surface area contributed by atoms with E-state index in [2.05, 4.69) is 13.8 Å². The Balaban J connectivity index is 2.25. The first-order valence-corrected chi connectivity index (χ1v) is 4.62. The maximum atomic E-state index is 11.8. The van der Waals surface area contributed by atoms with Gasteiger partial charge in [0, 0.05) is 11.3 Å². The molecule has 2 heteroatoms. The van der Waals surface area contributed by atoms with E-state index in [1.165, 1.54) is 0 Å². The first-order chi connectivity index (χ1) is 5.36. The maximum Gasteiger partial charge on any atom is 0.145 e. The van der Waals surface area contributed by atoms with Crippen molar-refractivity contribution < 1.29 is 9.90 Å². The van der Waals surface area contributed by atoms with Gasteiger partial charge in [0.25, 0.3) is 0 Å². The second kappa shape index (κ2) is 1.29. The van der Waals surface area contributed by atoms with Gasteiger partial charge in [0.2, 0.25) is 0 Å². The van der Waals surface area contributed by atoms with Crippen molar-refractivity contribution in [3.63, 3.8) is 0 Å². The minimum Gasteiger partial charge on any atom is -0.389 e. The molecular weight excluding hydrogens is 152 g/mol. The molecule has 66 valence electrons. The summed E-state index contributed by atoms with van der Waals surface area (Å²) in [5, 5.41) is 10.0. The van der Waals surface area contributed by atoms with Gasteiger partial charge in [-0.05, 0) is 11.8 Å². The second-order valence-electron chi connectivity index (χ2n) is 5.54. The molecule has 4 bridgehead atoms. The number of rotatable bonds is 0. The van der Waals surface area contributed by atoms with Crippen molar-refractivity contribution in [3.05, 3.63) is 0 Å². The van der Waals surface area contributed by atoms with Gasteiger partial charge in [0.15, 0.2) is 0 Å². The van der Waals surface area contributed by atoms with Crippen molar-refractivity contribution in [3.8, 4) is 0 Å². The quantitative estimate of drug-likeness (QED) is 0.582. The Bertz CT molecular complexity index is 307. The summed E-state index contributed by atoms with van der Waals surface area (Å²) in [4.78, 5) is 11.8. The molecule has 4 saturated carbocycles. The molecule has 0 spiro atoms. The Morgan fingerprint density at radius 2 is 2.00 bits per heavy atom. The molecule has 4 aliphatic rings. The van der Waals surface area contributed by atoms with Crippen LogP contribution in [-0.4, -0.2) is 16.5 Å². The summed E-state index contributed by atoms with van der Waals surface area (Å²) in [5.74, 6) is 0.583. The van der Waals surface area contributed by atoms with Gasteiger partial charge in [-0.2, -0.15) is 0 Å². The molecule has 4 aliphatic carbocycles. The molecule has 0 aromatic heterocycles. The normalized spacial score (nSPS) is 64.2. The SMILES string of the molecule is CC1(C)[C@H]2C3C(=O)[C@@]1(C)C[C@@]32O. The largest absolute Gasteiger partial charge is 0.389 e. The van der Waals surface area contributed by atoms with Crippen molar-refractivity contribution in [1.82, 2.24) is 0 Å². The van der Waals surface area contributed by atoms with Crippen LogP contribution in [0.4, 0.5) is 0 Å². The highest BCUT2D eigenvalue weighted by molar-refractivity contribution is 5.99. The molecule has 4 fully saturated rings. The van der Waals surface area contributed by atoms with Crippen molar-refractivity contribution >= 4 is 5.78 Å². The second-order valence-corrected chi connectivity index (χ2v) is 5.54. The van der Waals surface area contributed by atoms with Crippen LogP contribution < -0.4 is 0 Å². The minimum absolute atomic E-state index is 0.00231. The summed E-state index contributed by atoms with van der Waals surface area (Å²) < 4.78 is 0. The summed E-state index contributed by atoms with van der Waals surface area (Å²) in [6.45, 7) is 6.27. The Hall–Kier alpha value is -0.370. The van der Waals surface area contributed by atoms with Crippen LogP contribution in [0.15, 0.2) is 0 Å². The zero-order valence-corrected chi connectivity index (χ0v) is 7.72. The molecule has 1 unspecified atom stereocenters. The molecule has 0 amide bonds. The Morgan fingerprint density at radius 3 is 2.08 bits per heavy atom. The lowest BCUT2D eigenvalue weighted by atomic mass is 9.70. The molecule has 1 N–H and O–H groups in total. The molecule has 0 aromatic rings. The predicted octanol–water partition coefficient (Wildman–Crippen LogP) is 0.982. The smallest absolute Gasteiger partial charge is 0.145 e. The van der Waals surface area contributed by atoms with E-state index in [9.17, 15) is 9.90 Å². The fourth-order valence-corrected chi connectivity index (χ4v) is 3.95. The van der Waals surface area contributed by atoms with E-state index < -0.39 is 5.60 Å². The zero-order chi connectivity index (χ0) is 8.94. The Kier molecular flexibility index (Phi) is 0.761. The van der Waals surface area contributed by atoms with Gasteiger partial charge < -0.3 is 5.11 Å². The van der Waals surface area contributed by atoms with Crippen LogP contribution in [-0.2, 0) is 4.79 Å². The molecule has 0 heterocycles. The van der Waals surface area contributed by atoms with Gasteiger partial charge in [-0.3, -0.25) is 4.79 Å². The lowest BCUT2D eigenvalue weighted by Crippen LogP contribution is -2.32. The highest BCUT2D eigenvalue weighted by atomic mass is 16.3. The minimum atomic E-state index is -0.588. The predicted molar refractivity (Wildman–Crippen MR) is 43.4 cm³/mol. The molecule has 4 atom stereocenters. The molecule has 0 aromatic carbocycles. The molecule has 4 rings (SSSR count). The lowest BCUT2D eigenvalue weighted by Gasteiger charge is -2.31. The van der Waals surface area contributed by atoms with E-state index in [0.717, 1.165) is 0 Å². The number of ketones is 1. The van der Waals surface area contributed by atoms with Crippen LogP contribution >= 0.6 is 0 Å². The summed E-state index contributed by atoms with van der Waals surface area (Å²) in [5.41, 5.74) is -0.782. The fraction of sp³-hybridized carbons (Fsp3) is 0.900. The number of carbonyl (C=O) groups excluding carboxylic acids is 1. The average Bonchev–Trinajstić information content (AvgIpc) is 2.34. The van der Waals surface area contributed by atoms with Gasteiger partial charge in [-0.1, -0.05) is 20.8 Å². The van der Waals surface area contributed by atoms with Crippen molar-refractivity contribution in [1.29, 1.82) is 0 Å². The first-order valence-electron chi connectivity index (χ1n) is 4.62. The molecule has 0 aliphatic heterocycles. The van der Waals surface area contributed by atoms with Gasteiger partial charge in [0.1, 0.15) is 5.78 Å². The van der Waals surface area contributed by atoms with E-state index in [0.29, 0.717) is 12.2 Å². The average molecular weight is 166 g/mol. The van der Waals surface area contributed by atoms with Gasteiger partial charge in [-0.15, -0.1) is 0 Å². The molecular formula is C10H14O2. The van der Waals surface area contributed by atoms with Crippen LogP contribution in [0.2, 0.25) is 0 Å². The zero-order valence-electron chi connectivity index (χ0n) is 7.72. The molecule has 12 heavy (non-hydrogen) atoms. The summed E-state index contributed by atoms with van der Waals surface area (Å²) in [6.07, 6.45) is 0.709.